The number of hydrogen-bond acceptors (Lipinski definition) is 4. The van der Waals surface area contributed by atoms with Crippen molar-refractivity contribution in [2.45, 2.75) is 58.5 Å². The molecular formula is C15H26N4. The number of rotatable bonds is 6. The van der Waals surface area contributed by atoms with E-state index in [2.05, 4.69) is 29.0 Å². The molecule has 1 aliphatic rings. The molecule has 1 saturated carbocycles. The molecular weight excluding hydrogens is 236 g/mol. The molecule has 1 aliphatic carbocycles. The average molecular weight is 262 g/mol. The van der Waals surface area contributed by atoms with Crippen LogP contribution in [0.1, 0.15) is 51.6 Å². The standard InChI is InChI=1S/C15H26N4/c1-3-16-10-13-11-17-12-15(18-13)19(4-2)14-8-6-5-7-9-14/h11-12,14,16H,3-10H2,1-2H3. The van der Waals surface area contributed by atoms with E-state index in [9.17, 15) is 0 Å². The van der Waals surface area contributed by atoms with Gasteiger partial charge in [-0.2, -0.15) is 0 Å². The Hall–Kier alpha value is -1.16. The zero-order chi connectivity index (χ0) is 13.5. The molecule has 1 N–H and O–H groups in total. The van der Waals surface area contributed by atoms with Crippen molar-refractivity contribution in [3.8, 4) is 0 Å². The third kappa shape index (κ3) is 3.90. The van der Waals surface area contributed by atoms with Crippen LogP contribution in [0.2, 0.25) is 0 Å². The summed E-state index contributed by atoms with van der Waals surface area (Å²) < 4.78 is 0. The van der Waals surface area contributed by atoms with Gasteiger partial charge < -0.3 is 10.2 Å². The maximum absolute atomic E-state index is 4.76. The summed E-state index contributed by atoms with van der Waals surface area (Å²) in [5.74, 6) is 1.05. The van der Waals surface area contributed by atoms with Crippen LogP contribution in [0.3, 0.4) is 0 Å². The molecule has 0 bridgehead atoms. The zero-order valence-corrected chi connectivity index (χ0v) is 12.2. The molecule has 0 amide bonds. The van der Waals surface area contributed by atoms with E-state index in [1.54, 1.807) is 0 Å². The summed E-state index contributed by atoms with van der Waals surface area (Å²) in [6.07, 6.45) is 10.5. The van der Waals surface area contributed by atoms with Gasteiger partial charge in [-0.15, -0.1) is 0 Å². The van der Waals surface area contributed by atoms with Gasteiger partial charge in [0.2, 0.25) is 0 Å². The molecule has 0 aliphatic heterocycles. The molecule has 0 atom stereocenters. The van der Waals surface area contributed by atoms with Crippen molar-refractivity contribution >= 4 is 5.82 Å². The summed E-state index contributed by atoms with van der Waals surface area (Å²) in [6.45, 7) is 7.11. The SMILES string of the molecule is CCNCc1cncc(N(CC)C2CCCCC2)n1. The van der Waals surface area contributed by atoms with Gasteiger partial charge in [-0.3, -0.25) is 4.98 Å². The van der Waals surface area contributed by atoms with Crippen molar-refractivity contribution in [1.82, 2.24) is 15.3 Å². The summed E-state index contributed by atoms with van der Waals surface area (Å²) in [4.78, 5) is 11.5. The largest absolute Gasteiger partial charge is 0.353 e. The Bertz CT molecular complexity index is 374. The summed E-state index contributed by atoms with van der Waals surface area (Å²) in [5, 5.41) is 3.31. The van der Waals surface area contributed by atoms with Gasteiger partial charge in [0.05, 0.1) is 11.9 Å². The number of nitrogens with one attached hydrogen (secondary N) is 1. The van der Waals surface area contributed by atoms with Gasteiger partial charge in [0, 0.05) is 25.3 Å². The predicted octanol–water partition coefficient (Wildman–Crippen LogP) is 2.75. The summed E-state index contributed by atoms with van der Waals surface area (Å²) in [6, 6.07) is 0.655. The van der Waals surface area contributed by atoms with E-state index in [-0.39, 0.29) is 0 Å². The van der Waals surface area contributed by atoms with Gasteiger partial charge in [0.25, 0.3) is 0 Å². The van der Waals surface area contributed by atoms with Crippen LogP contribution in [-0.2, 0) is 6.54 Å². The van der Waals surface area contributed by atoms with Crippen molar-refractivity contribution in [2.75, 3.05) is 18.0 Å². The number of hydrogen-bond donors (Lipinski definition) is 1. The predicted molar refractivity (Wildman–Crippen MR) is 79.3 cm³/mol. The average Bonchev–Trinajstić information content (AvgIpc) is 2.47. The van der Waals surface area contributed by atoms with Crippen LogP contribution in [0.25, 0.3) is 0 Å². The van der Waals surface area contributed by atoms with E-state index in [1.807, 2.05) is 12.4 Å². The van der Waals surface area contributed by atoms with Crippen molar-refractivity contribution in [1.29, 1.82) is 0 Å². The van der Waals surface area contributed by atoms with Gasteiger partial charge in [0.1, 0.15) is 5.82 Å². The lowest BCUT2D eigenvalue weighted by atomic mass is 9.94. The Morgan fingerprint density at radius 1 is 1.21 bits per heavy atom. The number of aromatic nitrogens is 2. The molecule has 0 unspecified atom stereocenters. The fourth-order valence-corrected chi connectivity index (χ4v) is 2.87. The molecule has 0 saturated heterocycles. The highest BCUT2D eigenvalue weighted by Gasteiger charge is 2.21. The van der Waals surface area contributed by atoms with Gasteiger partial charge in [-0.25, -0.2) is 4.98 Å². The fraction of sp³-hybridized carbons (Fsp3) is 0.733. The lowest BCUT2D eigenvalue weighted by Crippen LogP contribution is -2.37. The molecule has 0 radical (unpaired) electrons. The Kier molecular flexibility index (Phi) is 5.58. The maximum atomic E-state index is 4.76. The van der Waals surface area contributed by atoms with Crippen LogP contribution in [0.4, 0.5) is 5.82 Å². The first-order valence-electron chi connectivity index (χ1n) is 7.63. The minimum atomic E-state index is 0.655. The van der Waals surface area contributed by atoms with E-state index < -0.39 is 0 Å². The van der Waals surface area contributed by atoms with E-state index >= 15 is 0 Å². The van der Waals surface area contributed by atoms with E-state index in [1.165, 1.54) is 32.1 Å². The van der Waals surface area contributed by atoms with E-state index in [0.29, 0.717) is 6.04 Å². The minimum Gasteiger partial charge on any atom is -0.353 e. The van der Waals surface area contributed by atoms with Crippen molar-refractivity contribution in [3.05, 3.63) is 18.1 Å². The summed E-state index contributed by atoms with van der Waals surface area (Å²) in [7, 11) is 0. The first-order valence-corrected chi connectivity index (χ1v) is 7.63. The second-order valence-electron chi connectivity index (χ2n) is 5.23. The maximum Gasteiger partial charge on any atom is 0.147 e. The molecule has 1 fully saturated rings. The van der Waals surface area contributed by atoms with Crippen molar-refractivity contribution in [2.24, 2.45) is 0 Å². The zero-order valence-electron chi connectivity index (χ0n) is 12.2. The highest BCUT2D eigenvalue weighted by atomic mass is 15.2. The Labute approximate surface area is 116 Å². The third-order valence-corrected chi connectivity index (χ3v) is 3.88. The van der Waals surface area contributed by atoms with E-state index in [0.717, 1.165) is 31.1 Å². The second-order valence-corrected chi connectivity index (χ2v) is 5.23. The van der Waals surface area contributed by atoms with Crippen LogP contribution in [0.5, 0.6) is 0 Å². The summed E-state index contributed by atoms with van der Waals surface area (Å²) in [5.41, 5.74) is 1.04. The molecule has 0 spiro atoms. The molecule has 1 aromatic heterocycles. The molecule has 4 nitrogen and oxygen atoms in total. The molecule has 2 rings (SSSR count). The van der Waals surface area contributed by atoms with Crippen molar-refractivity contribution in [3.63, 3.8) is 0 Å². The third-order valence-electron chi connectivity index (χ3n) is 3.88. The second kappa shape index (κ2) is 7.43. The van der Waals surface area contributed by atoms with E-state index in [4.69, 9.17) is 4.98 Å². The number of nitrogens with zero attached hydrogens (tertiary/aromatic N) is 3. The molecule has 4 heteroatoms. The molecule has 106 valence electrons. The fourth-order valence-electron chi connectivity index (χ4n) is 2.87. The first-order chi connectivity index (χ1) is 9.35. The van der Waals surface area contributed by atoms with Gasteiger partial charge in [0.15, 0.2) is 0 Å². The van der Waals surface area contributed by atoms with Crippen LogP contribution in [0, 0.1) is 0 Å². The van der Waals surface area contributed by atoms with Crippen LogP contribution in [0.15, 0.2) is 12.4 Å². The highest BCUT2D eigenvalue weighted by Crippen LogP contribution is 2.25. The minimum absolute atomic E-state index is 0.655. The smallest absolute Gasteiger partial charge is 0.147 e. The monoisotopic (exact) mass is 262 g/mol. The molecule has 1 heterocycles. The normalized spacial score (nSPS) is 16.5. The topological polar surface area (TPSA) is 41.1 Å². The number of anilines is 1. The molecule has 1 aromatic rings. The lowest BCUT2D eigenvalue weighted by Gasteiger charge is -2.34. The van der Waals surface area contributed by atoms with Gasteiger partial charge in [-0.1, -0.05) is 26.2 Å². The summed E-state index contributed by atoms with van der Waals surface area (Å²) >= 11 is 0. The van der Waals surface area contributed by atoms with Gasteiger partial charge in [-0.05, 0) is 26.3 Å². The van der Waals surface area contributed by atoms with Crippen LogP contribution >= 0.6 is 0 Å². The Morgan fingerprint density at radius 3 is 2.68 bits per heavy atom. The first kappa shape index (κ1) is 14.3. The Morgan fingerprint density at radius 2 is 2.00 bits per heavy atom. The lowest BCUT2D eigenvalue weighted by molar-refractivity contribution is 0.416. The highest BCUT2D eigenvalue weighted by molar-refractivity contribution is 5.37. The van der Waals surface area contributed by atoms with Gasteiger partial charge >= 0.3 is 0 Å². The quantitative estimate of drug-likeness (QED) is 0.856. The van der Waals surface area contributed by atoms with Crippen molar-refractivity contribution < 1.29 is 0 Å². The molecule has 19 heavy (non-hydrogen) atoms. The van der Waals surface area contributed by atoms with Crippen LogP contribution < -0.4 is 10.2 Å². The Balaban J connectivity index is 2.08. The van der Waals surface area contributed by atoms with Crippen LogP contribution in [-0.4, -0.2) is 29.1 Å². The molecule has 0 aromatic carbocycles.